The van der Waals surface area contributed by atoms with Crippen LogP contribution in [0, 0.1) is 0 Å². The molecule has 156 valence electrons. The van der Waals surface area contributed by atoms with E-state index in [2.05, 4.69) is 10.4 Å². The number of hydrogen-bond donors (Lipinski definition) is 1. The summed E-state index contributed by atoms with van der Waals surface area (Å²) in [5, 5.41) is 8.13. The Morgan fingerprint density at radius 1 is 0.968 bits per heavy atom. The summed E-state index contributed by atoms with van der Waals surface area (Å²) in [7, 11) is 1.54. The molecular formula is C24H21N3O4. The lowest BCUT2D eigenvalue weighted by Gasteiger charge is -2.13. The molecule has 0 unspecified atom stereocenters. The molecule has 3 aromatic carbocycles. The van der Waals surface area contributed by atoms with E-state index < -0.39 is 5.91 Å². The Morgan fingerprint density at radius 2 is 1.68 bits per heavy atom. The van der Waals surface area contributed by atoms with Gasteiger partial charge in [0.1, 0.15) is 0 Å². The first kappa shape index (κ1) is 20.2. The lowest BCUT2D eigenvalue weighted by Crippen LogP contribution is -2.26. The fraction of sp³-hybridized carbons (Fsp3) is 0.125. The van der Waals surface area contributed by atoms with Crippen LogP contribution in [0.1, 0.15) is 17.4 Å². The van der Waals surface area contributed by atoms with Gasteiger partial charge in [-0.05, 0) is 37.3 Å². The van der Waals surface area contributed by atoms with Gasteiger partial charge < -0.3 is 14.8 Å². The summed E-state index contributed by atoms with van der Waals surface area (Å²) in [6.07, 6.45) is 0. The van der Waals surface area contributed by atoms with E-state index in [0.29, 0.717) is 40.3 Å². The largest absolute Gasteiger partial charge is 0.493 e. The molecule has 0 aliphatic carbocycles. The van der Waals surface area contributed by atoms with Gasteiger partial charge in [0.05, 0.1) is 24.8 Å². The Hall–Kier alpha value is -4.13. The Morgan fingerprint density at radius 3 is 2.39 bits per heavy atom. The topological polar surface area (TPSA) is 82.5 Å². The molecule has 1 N–H and O–H groups in total. The van der Waals surface area contributed by atoms with Crippen molar-refractivity contribution in [3.8, 4) is 17.2 Å². The van der Waals surface area contributed by atoms with E-state index in [-0.39, 0.29) is 11.3 Å². The summed E-state index contributed by atoms with van der Waals surface area (Å²) in [5.41, 5.74) is 0.955. The first-order valence-electron chi connectivity index (χ1n) is 9.82. The number of para-hydroxylation sites is 1. The quantitative estimate of drug-likeness (QED) is 0.514. The standard InChI is InChI=1S/C24H21N3O4/c1-3-31-20-14-13-16(15-21(20)30-2)25-23(28)22-18-11-7-8-12-19(18)24(29)27(26-22)17-9-5-4-6-10-17/h4-15H,3H2,1-2H3,(H,25,28). The molecule has 1 amide bonds. The maximum atomic E-state index is 13.2. The molecule has 7 nitrogen and oxygen atoms in total. The number of ether oxygens (including phenoxy) is 2. The first-order chi connectivity index (χ1) is 15.1. The molecule has 0 fully saturated rings. The number of anilines is 1. The highest BCUT2D eigenvalue weighted by molar-refractivity contribution is 6.11. The summed E-state index contributed by atoms with van der Waals surface area (Å²) in [6, 6.07) is 21.1. The molecule has 0 aliphatic rings. The molecule has 4 rings (SSSR count). The zero-order valence-corrected chi connectivity index (χ0v) is 17.2. The van der Waals surface area contributed by atoms with Gasteiger partial charge in [0.15, 0.2) is 17.2 Å². The number of methoxy groups -OCH3 is 1. The van der Waals surface area contributed by atoms with Crippen LogP contribution in [0.3, 0.4) is 0 Å². The van der Waals surface area contributed by atoms with Crippen molar-refractivity contribution in [2.45, 2.75) is 6.92 Å². The van der Waals surface area contributed by atoms with Crippen LogP contribution in [-0.2, 0) is 0 Å². The fourth-order valence-electron chi connectivity index (χ4n) is 3.31. The zero-order chi connectivity index (χ0) is 21.8. The molecule has 1 heterocycles. The number of benzene rings is 3. The van der Waals surface area contributed by atoms with Crippen molar-refractivity contribution < 1.29 is 14.3 Å². The molecule has 0 spiro atoms. The van der Waals surface area contributed by atoms with Crippen molar-refractivity contribution in [2.24, 2.45) is 0 Å². The predicted molar refractivity (Wildman–Crippen MR) is 119 cm³/mol. The second-order valence-corrected chi connectivity index (χ2v) is 6.70. The molecule has 4 aromatic rings. The van der Waals surface area contributed by atoms with Crippen molar-refractivity contribution in [2.75, 3.05) is 19.0 Å². The molecule has 0 atom stereocenters. The minimum atomic E-state index is -0.438. The highest BCUT2D eigenvalue weighted by Gasteiger charge is 2.18. The third kappa shape index (κ3) is 3.98. The van der Waals surface area contributed by atoms with Crippen LogP contribution in [0.4, 0.5) is 5.69 Å². The lowest BCUT2D eigenvalue weighted by atomic mass is 10.1. The van der Waals surface area contributed by atoms with Gasteiger partial charge in [-0.3, -0.25) is 9.59 Å². The summed E-state index contributed by atoms with van der Waals surface area (Å²) in [4.78, 5) is 26.2. The van der Waals surface area contributed by atoms with Gasteiger partial charge in [-0.1, -0.05) is 36.4 Å². The first-order valence-corrected chi connectivity index (χ1v) is 9.82. The van der Waals surface area contributed by atoms with Crippen LogP contribution in [0.2, 0.25) is 0 Å². The van der Waals surface area contributed by atoms with E-state index in [9.17, 15) is 9.59 Å². The van der Waals surface area contributed by atoms with Crippen LogP contribution in [0.25, 0.3) is 16.5 Å². The molecule has 31 heavy (non-hydrogen) atoms. The van der Waals surface area contributed by atoms with Crippen molar-refractivity contribution in [3.05, 3.63) is 88.8 Å². The van der Waals surface area contributed by atoms with Crippen LogP contribution in [0.15, 0.2) is 77.6 Å². The highest BCUT2D eigenvalue weighted by Crippen LogP contribution is 2.30. The minimum absolute atomic E-state index is 0.145. The van der Waals surface area contributed by atoms with Crippen molar-refractivity contribution in [1.29, 1.82) is 0 Å². The number of aromatic nitrogens is 2. The predicted octanol–water partition coefficient (Wildman–Crippen LogP) is 4.05. The highest BCUT2D eigenvalue weighted by atomic mass is 16.5. The molecule has 7 heteroatoms. The number of fused-ring (bicyclic) bond motifs is 1. The van der Waals surface area contributed by atoms with E-state index >= 15 is 0 Å². The number of amides is 1. The van der Waals surface area contributed by atoms with Crippen molar-refractivity contribution >= 4 is 22.4 Å². The average Bonchev–Trinajstić information content (AvgIpc) is 2.81. The molecular weight excluding hydrogens is 394 g/mol. The van der Waals surface area contributed by atoms with Crippen LogP contribution >= 0.6 is 0 Å². The number of nitrogens with zero attached hydrogens (tertiary/aromatic N) is 2. The number of carbonyl (C=O) groups is 1. The van der Waals surface area contributed by atoms with Gasteiger partial charge in [-0.25, -0.2) is 0 Å². The maximum Gasteiger partial charge on any atom is 0.279 e. The van der Waals surface area contributed by atoms with E-state index in [1.54, 1.807) is 54.6 Å². The number of carbonyl (C=O) groups excluding carboxylic acids is 1. The monoisotopic (exact) mass is 415 g/mol. The van der Waals surface area contributed by atoms with E-state index in [1.807, 2.05) is 25.1 Å². The smallest absolute Gasteiger partial charge is 0.279 e. The molecule has 0 radical (unpaired) electrons. The summed E-state index contributed by atoms with van der Waals surface area (Å²) < 4.78 is 12.1. The van der Waals surface area contributed by atoms with Gasteiger partial charge in [-0.15, -0.1) is 0 Å². The minimum Gasteiger partial charge on any atom is -0.493 e. The third-order valence-corrected chi connectivity index (χ3v) is 4.74. The van der Waals surface area contributed by atoms with Crippen molar-refractivity contribution in [1.82, 2.24) is 9.78 Å². The molecule has 0 saturated heterocycles. The van der Waals surface area contributed by atoms with Gasteiger partial charge in [0, 0.05) is 17.1 Å². The Balaban J connectivity index is 1.78. The van der Waals surface area contributed by atoms with Gasteiger partial charge in [-0.2, -0.15) is 9.78 Å². The molecule has 1 aromatic heterocycles. The van der Waals surface area contributed by atoms with E-state index in [1.165, 1.54) is 11.8 Å². The molecule has 0 bridgehead atoms. The van der Waals surface area contributed by atoms with Crippen molar-refractivity contribution in [3.63, 3.8) is 0 Å². The van der Waals surface area contributed by atoms with Gasteiger partial charge in [0.25, 0.3) is 11.5 Å². The second-order valence-electron chi connectivity index (χ2n) is 6.70. The second kappa shape index (κ2) is 8.71. The summed E-state index contributed by atoms with van der Waals surface area (Å²) in [5.74, 6) is 0.656. The Labute approximate surface area is 178 Å². The van der Waals surface area contributed by atoms with Gasteiger partial charge >= 0.3 is 0 Å². The van der Waals surface area contributed by atoms with E-state index in [4.69, 9.17) is 9.47 Å². The summed E-state index contributed by atoms with van der Waals surface area (Å²) >= 11 is 0. The number of rotatable bonds is 6. The number of hydrogen-bond acceptors (Lipinski definition) is 5. The van der Waals surface area contributed by atoms with Crippen LogP contribution < -0.4 is 20.3 Å². The SMILES string of the molecule is CCOc1ccc(NC(=O)c2nn(-c3ccccc3)c(=O)c3ccccc23)cc1OC. The zero-order valence-electron chi connectivity index (χ0n) is 17.2. The van der Waals surface area contributed by atoms with Crippen LogP contribution in [-0.4, -0.2) is 29.4 Å². The third-order valence-electron chi connectivity index (χ3n) is 4.74. The average molecular weight is 415 g/mol. The fourth-order valence-corrected chi connectivity index (χ4v) is 3.31. The van der Waals surface area contributed by atoms with Gasteiger partial charge in [0.2, 0.25) is 0 Å². The van der Waals surface area contributed by atoms with E-state index in [0.717, 1.165) is 0 Å². The lowest BCUT2D eigenvalue weighted by molar-refractivity contribution is 0.102. The molecule has 0 aliphatic heterocycles. The maximum absolute atomic E-state index is 13.2. The number of nitrogens with one attached hydrogen (secondary N) is 1. The Bertz CT molecular complexity index is 1300. The normalized spacial score (nSPS) is 10.6. The Kier molecular flexibility index (Phi) is 5.66. The van der Waals surface area contributed by atoms with Crippen LogP contribution in [0.5, 0.6) is 11.5 Å². The molecule has 0 saturated carbocycles. The summed E-state index contributed by atoms with van der Waals surface area (Å²) in [6.45, 7) is 2.38.